The van der Waals surface area contributed by atoms with Gasteiger partial charge in [0.25, 0.3) is 0 Å². The average Bonchev–Trinajstić information content (AvgIpc) is 2.33. The number of morpholine rings is 1. The summed E-state index contributed by atoms with van der Waals surface area (Å²) in [5.41, 5.74) is 0. The van der Waals surface area contributed by atoms with Crippen LogP contribution >= 0.6 is 0 Å². The second kappa shape index (κ2) is 5.64. The highest BCUT2D eigenvalue weighted by molar-refractivity contribution is 5.77. The minimum atomic E-state index is 0.0206. The van der Waals surface area contributed by atoms with Crippen LogP contribution in [0.5, 0.6) is 0 Å². The van der Waals surface area contributed by atoms with E-state index in [1.807, 2.05) is 0 Å². The maximum atomic E-state index is 11.0. The van der Waals surface area contributed by atoms with Gasteiger partial charge in [-0.25, -0.2) is 0 Å². The summed E-state index contributed by atoms with van der Waals surface area (Å²) < 4.78 is 5.55. The number of carbonyl (C=O) groups is 1. The molecule has 0 radical (unpaired) electrons. The lowest BCUT2D eigenvalue weighted by Gasteiger charge is -2.37. The van der Waals surface area contributed by atoms with Gasteiger partial charge in [-0.15, -0.1) is 0 Å². The van der Waals surface area contributed by atoms with Crippen LogP contribution < -0.4 is 5.32 Å². The lowest BCUT2D eigenvalue weighted by atomic mass is 9.96. The van der Waals surface area contributed by atoms with Crippen molar-refractivity contribution in [3.8, 4) is 0 Å². The average molecular weight is 226 g/mol. The van der Waals surface area contributed by atoms with E-state index in [4.69, 9.17) is 4.74 Å². The van der Waals surface area contributed by atoms with Crippen molar-refractivity contribution >= 4 is 5.91 Å². The topological polar surface area (TPSA) is 41.6 Å². The van der Waals surface area contributed by atoms with E-state index in [9.17, 15) is 4.79 Å². The Labute approximate surface area is 97.3 Å². The number of hydrogen-bond acceptors (Lipinski definition) is 3. The van der Waals surface area contributed by atoms with Gasteiger partial charge >= 0.3 is 0 Å². The number of likely N-dealkylation sites (tertiary alicyclic amines) is 1. The van der Waals surface area contributed by atoms with Crippen molar-refractivity contribution in [3.05, 3.63) is 0 Å². The van der Waals surface area contributed by atoms with Crippen molar-refractivity contribution in [1.29, 1.82) is 0 Å². The highest BCUT2D eigenvalue weighted by atomic mass is 16.5. The normalized spacial score (nSPS) is 32.4. The van der Waals surface area contributed by atoms with Crippen LogP contribution in [-0.2, 0) is 9.53 Å². The Balaban J connectivity index is 1.80. The first kappa shape index (κ1) is 11.9. The monoisotopic (exact) mass is 226 g/mol. The molecule has 2 rings (SSSR count). The van der Waals surface area contributed by atoms with E-state index in [0.29, 0.717) is 12.6 Å². The number of hydrogen-bond donors (Lipinski definition) is 1. The Bertz CT molecular complexity index is 235. The number of carbonyl (C=O) groups excluding carboxylic acids is 1. The minimum absolute atomic E-state index is 0.0206. The molecule has 0 aromatic carbocycles. The van der Waals surface area contributed by atoms with Crippen LogP contribution in [0.3, 0.4) is 0 Å². The van der Waals surface area contributed by atoms with Crippen LogP contribution in [0, 0.1) is 0 Å². The van der Waals surface area contributed by atoms with Gasteiger partial charge in [0, 0.05) is 12.6 Å². The summed E-state index contributed by atoms with van der Waals surface area (Å²) in [6.45, 7) is 5.50. The zero-order valence-corrected chi connectivity index (χ0v) is 10.1. The van der Waals surface area contributed by atoms with Crippen LogP contribution in [-0.4, -0.2) is 49.2 Å². The van der Waals surface area contributed by atoms with Gasteiger partial charge in [-0.2, -0.15) is 0 Å². The molecule has 2 heterocycles. The van der Waals surface area contributed by atoms with Gasteiger partial charge in [0.2, 0.25) is 5.91 Å². The van der Waals surface area contributed by atoms with E-state index in [0.717, 1.165) is 13.0 Å². The fourth-order valence-electron chi connectivity index (χ4n) is 2.73. The quantitative estimate of drug-likeness (QED) is 0.772. The van der Waals surface area contributed by atoms with Gasteiger partial charge < -0.3 is 15.0 Å². The molecule has 4 heteroatoms. The molecule has 2 aliphatic rings. The van der Waals surface area contributed by atoms with Gasteiger partial charge in [-0.1, -0.05) is 13.3 Å². The summed E-state index contributed by atoms with van der Waals surface area (Å²) in [7, 11) is 0. The molecular weight excluding hydrogens is 204 g/mol. The molecule has 0 aromatic heterocycles. The van der Waals surface area contributed by atoms with E-state index < -0.39 is 0 Å². The molecule has 0 aromatic rings. The largest absolute Gasteiger partial charge is 0.367 e. The number of nitrogens with zero attached hydrogens (tertiary/aromatic N) is 1. The van der Waals surface area contributed by atoms with Crippen molar-refractivity contribution in [1.82, 2.24) is 10.2 Å². The molecular formula is C12H22N2O2. The van der Waals surface area contributed by atoms with Crippen LogP contribution in [0.4, 0.5) is 0 Å². The molecule has 4 nitrogen and oxygen atoms in total. The van der Waals surface area contributed by atoms with Crippen molar-refractivity contribution in [2.75, 3.05) is 26.2 Å². The molecule has 2 aliphatic heterocycles. The third-order valence-electron chi connectivity index (χ3n) is 3.67. The van der Waals surface area contributed by atoms with E-state index in [2.05, 4.69) is 17.1 Å². The zero-order valence-electron chi connectivity index (χ0n) is 10.1. The SMILES string of the molecule is CCN1CCCCC1CC1CNC(=O)CO1. The summed E-state index contributed by atoms with van der Waals surface area (Å²) >= 11 is 0. The molecule has 0 bridgehead atoms. The lowest BCUT2D eigenvalue weighted by molar-refractivity contribution is -0.134. The Morgan fingerprint density at radius 2 is 2.38 bits per heavy atom. The number of ether oxygens (including phenoxy) is 1. The third-order valence-corrected chi connectivity index (χ3v) is 3.67. The number of nitrogens with one attached hydrogen (secondary N) is 1. The molecule has 1 N–H and O–H groups in total. The Kier molecular flexibility index (Phi) is 4.18. The maximum Gasteiger partial charge on any atom is 0.246 e. The highest BCUT2D eigenvalue weighted by Gasteiger charge is 2.27. The predicted octanol–water partition coefficient (Wildman–Crippen LogP) is 0.766. The minimum Gasteiger partial charge on any atom is -0.367 e. The van der Waals surface area contributed by atoms with Crippen molar-refractivity contribution in [2.45, 2.75) is 44.8 Å². The zero-order chi connectivity index (χ0) is 11.4. The van der Waals surface area contributed by atoms with Gasteiger partial charge in [-0.05, 0) is 32.4 Å². The first-order chi connectivity index (χ1) is 7.79. The number of rotatable bonds is 3. The molecule has 16 heavy (non-hydrogen) atoms. The Hall–Kier alpha value is -0.610. The van der Waals surface area contributed by atoms with Crippen LogP contribution in [0.25, 0.3) is 0 Å². The van der Waals surface area contributed by atoms with Gasteiger partial charge in [0.1, 0.15) is 6.61 Å². The van der Waals surface area contributed by atoms with Crippen LogP contribution in [0.15, 0.2) is 0 Å². The second-order valence-electron chi connectivity index (χ2n) is 4.75. The third kappa shape index (κ3) is 2.95. The second-order valence-corrected chi connectivity index (χ2v) is 4.75. The molecule has 0 spiro atoms. The fraction of sp³-hybridized carbons (Fsp3) is 0.917. The van der Waals surface area contributed by atoms with E-state index in [1.54, 1.807) is 0 Å². The molecule has 0 aliphatic carbocycles. The first-order valence-electron chi connectivity index (χ1n) is 6.42. The molecule has 2 saturated heterocycles. The molecule has 92 valence electrons. The smallest absolute Gasteiger partial charge is 0.246 e. The highest BCUT2D eigenvalue weighted by Crippen LogP contribution is 2.21. The predicted molar refractivity (Wildman–Crippen MR) is 62.3 cm³/mol. The Morgan fingerprint density at radius 3 is 3.06 bits per heavy atom. The van der Waals surface area contributed by atoms with Crippen LogP contribution in [0.2, 0.25) is 0 Å². The molecule has 2 atom stereocenters. The summed E-state index contributed by atoms with van der Waals surface area (Å²) in [5, 5.41) is 2.87. The van der Waals surface area contributed by atoms with Crippen molar-refractivity contribution in [3.63, 3.8) is 0 Å². The molecule has 1 amide bonds. The van der Waals surface area contributed by atoms with Gasteiger partial charge in [-0.3, -0.25) is 4.79 Å². The summed E-state index contributed by atoms with van der Waals surface area (Å²) in [6.07, 6.45) is 5.22. The summed E-state index contributed by atoms with van der Waals surface area (Å²) in [5.74, 6) is 0.0206. The number of piperidine rings is 1. The Morgan fingerprint density at radius 1 is 1.50 bits per heavy atom. The van der Waals surface area contributed by atoms with Crippen LogP contribution in [0.1, 0.15) is 32.6 Å². The van der Waals surface area contributed by atoms with E-state index >= 15 is 0 Å². The fourth-order valence-corrected chi connectivity index (χ4v) is 2.73. The van der Waals surface area contributed by atoms with Gasteiger partial charge in [0.05, 0.1) is 6.10 Å². The molecule has 2 unspecified atom stereocenters. The maximum absolute atomic E-state index is 11.0. The van der Waals surface area contributed by atoms with Crippen molar-refractivity contribution < 1.29 is 9.53 Å². The molecule has 2 fully saturated rings. The first-order valence-corrected chi connectivity index (χ1v) is 6.42. The van der Waals surface area contributed by atoms with E-state index in [-0.39, 0.29) is 18.6 Å². The van der Waals surface area contributed by atoms with Gasteiger partial charge in [0.15, 0.2) is 0 Å². The lowest BCUT2D eigenvalue weighted by Crippen LogP contribution is -2.48. The van der Waals surface area contributed by atoms with E-state index in [1.165, 1.54) is 25.8 Å². The standard InChI is InChI=1S/C12H22N2O2/c1-2-14-6-4-3-5-10(14)7-11-8-13-12(15)9-16-11/h10-11H,2-9H2,1H3,(H,13,15). The van der Waals surface area contributed by atoms with Crippen molar-refractivity contribution in [2.24, 2.45) is 0 Å². The summed E-state index contributed by atoms with van der Waals surface area (Å²) in [6, 6.07) is 0.652. The summed E-state index contributed by atoms with van der Waals surface area (Å²) in [4.78, 5) is 13.5. The molecule has 0 saturated carbocycles. The number of amides is 1.